The van der Waals surface area contributed by atoms with Gasteiger partial charge < -0.3 is 25.5 Å². The van der Waals surface area contributed by atoms with Gasteiger partial charge in [-0.25, -0.2) is 0 Å². The summed E-state index contributed by atoms with van der Waals surface area (Å²) in [4.78, 5) is 13.2. The third-order valence-electron chi connectivity index (χ3n) is 10.5. The number of rotatable bonds is 5. The molecule has 188 valence electrons. The normalized spacial score (nSPS) is 47.9. The number of hydrogen-bond donors (Lipinski definition) is 5. The van der Waals surface area contributed by atoms with Crippen LogP contribution in [0.4, 0.5) is 0 Å². The van der Waals surface area contributed by atoms with E-state index in [1.165, 1.54) is 0 Å². The van der Waals surface area contributed by atoms with Gasteiger partial charge in [-0.05, 0) is 93.1 Å². The number of allylic oxidation sites excluding steroid dienone is 1. The van der Waals surface area contributed by atoms with Gasteiger partial charge in [-0.15, -0.1) is 0 Å². The van der Waals surface area contributed by atoms with E-state index >= 15 is 0 Å². The summed E-state index contributed by atoms with van der Waals surface area (Å²) in [7, 11) is 0. The molecule has 0 aromatic heterocycles. The zero-order valence-corrected chi connectivity index (χ0v) is 20.9. The summed E-state index contributed by atoms with van der Waals surface area (Å²) < 4.78 is 0. The summed E-state index contributed by atoms with van der Waals surface area (Å²) in [5.74, 6) is -0.331. The zero-order chi connectivity index (χ0) is 24.6. The van der Waals surface area contributed by atoms with E-state index in [1.807, 2.05) is 13.8 Å². The van der Waals surface area contributed by atoms with Crippen LogP contribution in [0.3, 0.4) is 0 Å². The van der Waals surface area contributed by atoms with Crippen molar-refractivity contribution in [2.24, 2.45) is 34.5 Å². The van der Waals surface area contributed by atoms with E-state index in [1.54, 1.807) is 13.0 Å². The van der Waals surface area contributed by atoms with E-state index in [9.17, 15) is 30.3 Å². The molecule has 4 aliphatic carbocycles. The highest BCUT2D eigenvalue weighted by Gasteiger charge is 2.69. The molecular weight excluding hydrogens is 420 g/mol. The Morgan fingerprint density at radius 3 is 2.39 bits per heavy atom. The molecule has 5 N–H and O–H groups in total. The van der Waals surface area contributed by atoms with Crippen molar-refractivity contribution >= 4 is 5.78 Å². The lowest BCUT2D eigenvalue weighted by atomic mass is 9.45. The van der Waals surface area contributed by atoms with Crippen LogP contribution in [0.15, 0.2) is 11.6 Å². The summed E-state index contributed by atoms with van der Waals surface area (Å²) >= 11 is 0. The molecule has 3 fully saturated rings. The molecule has 0 heterocycles. The molecule has 3 saturated carbocycles. The van der Waals surface area contributed by atoms with E-state index in [0.29, 0.717) is 38.0 Å². The maximum atomic E-state index is 13.2. The van der Waals surface area contributed by atoms with Crippen LogP contribution >= 0.6 is 0 Å². The van der Waals surface area contributed by atoms with Crippen molar-refractivity contribution in [1.82, 2.24) is 0 Å². The summed E-state index contributed by atoms with van der Waals surface area (Å²) in [6.45, 7) is 9.96. The van der Waals surface area contributed by atoms with E-state index < -0.39 is 40.3 Å². The van der Waals surface area contributed by atoms with Gasteiger partial charge in [0.25, 0.3) is 0 Å². The number of fused-ring (bicyclic) bond motifs is 5. The van der Waals surface area contributed by atoms with Crippen LogP contribution in [0.2, 0.25) is 0 Å². The van der Waals surface area contributed by atoms with Crippen molar-refractivity contribution in [2.45, 2.75) is 115 Å². The molecule has 6 heteroatoms. The summed E-state index contributed by atoms with van der Waals surface area (Å²) in [5.41, 5.74) is -2.98. The summed E-state index contributed by atoms with van der Waals surface area (Å²) in [6.07, 6.45) is 3.39. The Hall–Kier alpha value is -0.790. The molecule has 0 bridgehead atoms. The standard InChI is InChI=1S/C27H44O6/c1-15(2)6-7-23(31)26(5,32)22-9-11-27(33)17-12-19(28)18-13-20(29)21(30)14-24(18,3)16(17)8-10-25(22,27)4/h12,15-16,18,20-23,29-33H,6-11,13-14H2,1-5H3/t16?,18-,20+,21-,22?,23+,24+,25+,26?,27+/m0/s1. The second-order valence-corrected chi connectivity index (χ2v) is 12.8. The average molecular weight is 465 g/mol. The molecule has 33 heavy (non-hydrogen) atoms. The van der Waals surface area contributed by atoms with Crippen molar-refractivity contribution in [2.75, 3.05) is 0 Å². The number of ketones is 1. The highest BCUT2D eigenvalue weighted by Crippen LogP contribution is 2.68. The minimum atomic E-state index is -1.34. The van der Waals surface area contributed by atoms with Gasteiger partial charge in [-0.1, -0.05) is 27.7 Å². The van der Waals surface area contributed by atoms with E-state index in [4.69, 9.17) is 0 Å². The van der Waals surface area contributed by atoms with Crippen LogP contribution in [-0.4, -0.2) is 60.8 Å². The van der Waals surface area contributed by atoms with Gasteiger partial charge in [0.2, 0.25) is 0 Å². The first-order valence-electron chi connectivity index (χ1n) is 12.9. The Bertz CT molecular complexity index is 819. The van der Waals surface area contributed by atoms with Gasteiger partial charge in [-0.2, -0.15) is 0 Å². The highest BCUT2D eigenvalue weighted by molar-refractivity contribution is 5.95. The molecule has 0 aromatic carbocycles. The number of hydrogen-bond acceptors (Lipinski definition) is 6. The van der Waals surface area contributed by atoms with Crippen molar-refractivity contribution in [3.05, 3.63) is 11.6 Å². The second kappa shape index (κ2) is 8.12. The van der Waals surface area contributed by atoms with Crippen molar-refractivity contribution in [1.29, 1.82) is 0 Å². The van der Waals surface area contributed by atoms with Crippen LogP contribution in [0.25, 0.3) is 0 Å². The largest absolute Gasteiger partial charge is 0.390 e. The minimum absolute atomic E-state index is 0.0463. The van der Waals surface area contributed by atoms with Crippen molar-refractivity contribution < 1.29 is 30.3 Å². The van der Waals surface area contributed by atoms with E-state index in [2.05, 4.69) is 13.8 Å². The maximum absolute atomic E-state index is 13.2. The molecule has 0 aromatic rings. The molecule has 6 nitrogen and oxygen atoms in total. The lowest BCUT2D eigenvalue weighted by molar-refractivity contribution is -0.176. The number of aliphatic hydroxyl groups excluding tert-OH is 3. The average Bonchev–Trinajstić information content (AvgIpc) is 3.00. The minimum Gasteiger partial charge on any atom is -0.390 e. The zero-order valence-electron chi connectivity index (χ0n) is 20.9. The van der Waals surface area contributed by atoms with Gasteiger partial charge in [0.15, 0.2) is 5.78 Å². The molecule has 0 radical (unpaired) electrons. The molecule has 4 rings (SSSR count). The molecule has 0 spiro atoms. The Morgan fingerprint density at radius 1 is 1.09 bits per heavy atom. The van der Waals surface area contributed by atoms with Crippen molar-refractivity contribution in [3.63, 3.8) is 0 Å². The van der Waals surface area contributed by atoms with Crippen molar-refractivity contribution in [3.8, 4) is 0 Å². The number of carbonyl (C=O) groups excluding carboxylic acids is 1. The van der Waals surface area contributed by atoms with Gasteiger partial charge in [-0.3, -0.25) is 4.79 Å². The second-order valence-electron chi connectivity index (χ2n) is 12.8. The van der Waals surface area contributed by atoms with Gasteiger partial charge in [0, 0.05) is 11.3 Å². The lowest BCUT2D eigenvalue weighted by Gasteiger charge is -2.60. The van der Waals surface area contributed by atoms with E-state index in [0.717, 1.165) is 18.4 Å². The van der Waals surface area contributed by atoms with Gasteiger partial charge in [0.1, 0.15) is 0 Å². The predicted molar refractivity (Wildman–Crippen MR) is 125 cm³/mol. The number of carbonyl (C=O) groups is 1. The SMILES string of the molecule is CC(C)CC[C@@H](O)C(C)(O)C1CC[C@@]2(O)C3=CC(=O)[C@@H]4C[C@@H](O)[C@@H](O)C[C@]4(C)C3CC[C@]12C. The topological polar surface area (TPSA) is 118 Å². The Kier molecular flexibility index (Phi) is 6.23. The smallest absolute Gasteiger partial charge is 0.159 e. The fourth-order valence-corrected chi connectivity index (χ4v) is 8.32. The summed E-state index contributed by atoms with van der Waals surface area (Å²) in [5, 5.41) is 55.4. The first-order chi connectivity index (χ1) is 15.2. The fourth-order valence-electron chi connectivity index (χ4n) is 8.32. The molecule has 0 aliphatic heterocycles. The first-order valence-corrected chi connectivity index (χ1v) is 12.9. The Balaban J connectivity index is 1.68. The quantitative estimate of drug-likeness (QED) is 0.427. The maximum Gasteiger partial charge on any atom is 0.159 e. The molecule has 4 aliphatic rings. The first kappa shape index (κ1) is 25.3. The molecule has 0 saturated heterocycles. The molecule has 3 unspecified atom stereocenters. The van der Waals surface area contributed by atoms with Gasteiger partial charge >= 0.3 is 0 Å². The van der Waals surface area contributed by atoms with Crippen LogP contribution < -0.4 is 0 Å². The monoisotopic (exact) mass is 464 g/mol. The number of aliphatic hydroxyl groups is 5. The Morgan fingerprint density at radius 2 is 1.76 bits per heavy atom. The van der Waals surface area contributed by atoms with E-state index in [-0.39, 0.29) is 30.0 Å². The third kappa shape index (κ3) is 3.58. The lowest BCUT2D eigenvalue weighted by Crippen LogP contribution is -2.62. The molecular formula is C27H44O6. The highest BCUT2D eigenvalue weighted by atomic mass is 16.3. The third-order valence-corrected chi connectivity index (χ3v) is 10.5. The predicted octanol–water partition coefficient (Wildman–Crippen LogP) is 2.74. The molecule has 10 atom stereocenters. The molecule has 0 amide bonds. The fraction of sp³-hybridized carbons (Fsp3) is 0.889. The summed E-state index contributed by atoms with van der Waals surface area (Å²) in [6, 6.07) is 0. The Labute approximate surface area is 198 Å². The van der Waals surface area contributed by atoms with Crippen LogP contribution in [-0.2, 0) is 4.79 Å². The van der Waals surface area contributed by atoms with Crippen LogP contribution in [0, 0.1) is 34.5 Å². The van der Waals surface area contributed by atoms with Crippen LogP contribution in [0.1, 0.15) is 86.0 Å². The van der Waals surface area contributed by atoms with Gasteiger partial charge in [0.05, 0.1) is 29.5 Å². The van der Waals surface area contributed by atoms with Crippen LogP contribution in [0.5, 0.6) is 0 Å².